The highest BCUT2D eigenvalue weighted by atomic mass is 16.5. The second-order valence-corrected chi connectivity index (χ2v) is 3.14. The Kier molecular flexibility index (Phi) is 3.95. The molecule has 0 radical (unpaired) electrons. The molecule has 15 heavy (non-hydrogen) atoms. The van der Waals surface area contributed by atoms with Crippen LogP contribution in [-0.4, -0.2) is 19.8 Å². The van der Waals surface area contributed by atoms with E-state index in [4.69, 9.17) is 20.5 Å². The molecule has 1 unspecified atom stereocenters. The highest BCUT2D eigenvalue weighted by Crippen LogP contribution is 2.28. The van der Waals surface area contributed by atoms with Crippen LogP contribution in [0, 0.1) is 11.3 Å². The minimum atomic E-state index is -0.0770. The molecule has 80 valence electrons. The van der Waals surface area contributed by atoms with Crippen molar-refractivity contribution in [2.75, 3.05) is 13.7 Å². The van der Waals surface area contributed by atoms with E-state index < -0.39 is 0 Å². The zero-order chi connectivity index (χ0) is 11.3. The standard InChI is InChI=1S/C11H14N2O2/c1-8(6-12)15-10-4-3-9(7-13)5-11(10)14-2/h3-5,8H,6,12H2,1-2H3. The maximum atomic E-state index is 8.71. The van der Waals surface area contributed by atoms with E-state index >= 15 is 0 Å². The van der Waals surface area contributed by atoms with Gasteiger partial charge in [-0.15, -0.1) is 0 Å². The molecule has 2 N–H and O–H groups in total. The zero-order valence-corrected chi connectivity index (χ0v) is 8.86. The SMILES string of the molecule is COc1cc(C#N)ccc1OC(C)CN. The Bertz CT molecular complexity index is 371. The number of hydrogen-bond donors (Lipinski definition) is 1. The molecule has 0 aliphatic rings. The van der Waals surface area contributed by atoms with E-state index in [0.717, 1.165) is 0 Å². The van der Waals surface area contributed by atoms with Gasteiger partial charge >= 0.3 is 0 Å². The highest BCUT2D eigenvalue weighted by molar-refractivity contribution is 5.46. The maximum Gasteiger partial charge on any atom is 0.162 e. The molecule has 0 heterocycles. The van der Waals surface area contributed by atoms with Gasteiger partial charge in [0.1, 0.15) is 6.10 Å². The van der Waals surface area contributed by atoms with E-state index in [-0.39, 0.29) is 6.10 Å². The fourth-order valence-corrected chi connectivity index (χ4v) is 1.10. The van der Waals surface area contributed by atoms with Gasteiger partial charge in [0.15, 0.2) is 11.5 Å². The van der Waals surface area contributed by atoms with Crippen molar-refractivity contribution >= 4 is 0 Å². The zero-order valence-electron chi connectivity index (χ0n) is 8.86. The largest absolute Gasteiger partial charge is 0.493 e. The van der Waals surface area contributed by atoms with E-state index in [1.807, 2.05) is 13.0 Å². The Morgan fingerprint density at radius 2 is 2.20 bits per heavy atom. The summed E-state index contributed by atoms with van der Waals surface area (Å²) in [5.41, 5.74) is 5.99. The maximum absolute atomic E-state index is 8.71. The highest BCUT2D eigenvalue weighted by Gasteiger charge is 2.08. The van der Waals surface area contributed by atoms with Gasteiger partial charge in [0, 0.05) is 12.6 Å². The first-order chi connectivity index (χ1) is 7.21. The number of nitrogens with two attached hydrogens (primary N) is 1. The average molecular weight is 206 g/mol. The average Bonchev–Trinajstić information content (AvgIpc) is 2.29. The van der Waals surface area contributed by atoms with E-state index in [9.17, 15) is 0 Å². The molecule has 4 nitrogen and oxygen atoms in total. The van der Waals surface area contributed by atoms with Crippen LogP contribution >= 0.6 is 0 Å². The van der Waals surface area contributed by atoms with E-state index in [1.54, 1.807) is 18.2 Å². The Morgan fingerprint density at radius 1 is 1.47 bits per heavy atom. The predicted octanol–water partition coefficient (Wildman–Crippen LogP) is 1.29. The summed E-state index contributed by atoms with van der Waals surface area (Å²) in [5, 5.41) is 8.71. The monoisotopic (exact) mass is 206 g/mol. The topological polar surface area (TPSA) is 68.3 Å². The van der Waals surface area contributed by atoms with Crippen LogP contribution in [0.3, 0.4) is 0 Å². The number of methoxy groups -OCH3 is 1. The molecular formula is C11H14N2O2. The van der Waals surface area contributed by atoms with Gasteiger partial charge in [-0.3, -0.25) is 0 Å². The van der Waals surface area contributed by atoms with Gasteiger partial charge in [0.2, 0.25) is 0 Å². The molecule has 1 aromatic rings. The van der Waals surface area contributed by atoms with Crippen LogP contribution in [-0.2, 0) is 0 Å². The Hall–Kier alpha value is -1.73. The van der Waals surface area contributed by atoms with Gasteiger partial charge in [-0.05, 0) is 19.1 Å². The number of hydrogen-bond acceptors (Lipinski definition) is 4. The minimum absolute atomic E-state index is 0.0770. The molecule has 1 atom stereocenters. The molecule has 0 amide bonds. The summed E-state index contributed by atoms with van der Waals surface area (Å²) in [6.07, 6.45) is -0.0770. The van der Waals surface area contributed by atoms with Crippen molar-refractivity contribution in [3.8, 4) is 17.6 Å². The lowest BCUT2D eigenvalue weighted by atomic mass is 10.2. The van der Waals surface area contributed by atoms with Crippen molar-refractivity contribution in [1.29, 1.82) is 5.26 Å². The van der Waals surface area contributed by atoms with Crippen LogP contribution in [0.15, 0.2) is 18.2 Å². The number of rotatable bonds is 4. The van der Waals surface area contributed by atoms with Crippen molar-refractivity contribution in [2.24, 2.45) is 5.73 Å². The Balaban J connectivity index is 2.93. The molecule has 0 fully saturated rings. The van der Waals surface area contributed by atoms with Gasteiger partial charge in [0.05, 0.1) is 18.7 Å². The quantitative estimate of drug-likeness (QED) is 0.806. The minimum Gasteiger partial charge on any atom is -0.493 e. The lowest BCUT2D eigenvalue weighted by molar-refractivity contribution is 0.219. The first-order valence-corrected chi connectivity index (χ1v) is 4.66. The van der Waals surface area contributed by atoms with E-state index in [1.165, 1.54) is 7.11 Å². The molecule has 0 spiro atoms. The van der Waals surface area contributed by atoms with Gasteiger partial charge in [-0.25, -0.2) is 0 Å². The second-order valence-electron chi connectivity index (χ2n) is 3.14. The van der Waals surface area contributed by atoms with Crippen molar-refractivity contribution in [2.45, 2.75) is 13.0 Å². The third-order valence-corrected chi connectivity index (χ3v) is 1.95. The summed E-state index contributed by atoms with van der Waals surface area (Å²) < 4.78 is 10.6. The third-order valence-electron chi connectivity index (χ3n) is 1.95. The van der Waals surface area contributed by atoms with Crippen LogP contribution in [0.1, 0.15) is 12.5 Å². The Morgan fingerprint density at radius 3 is 2.73 bits per heavy atom. The molecular weight excluding hydrogens is 192 g/mol. The number of nitrogens with zero attached hydrogens (tertiary/aromatic N) is 1. The first kappa shape index (κ1) is 11.3. The van der Waals surface area contributed by atoms with Gasteiger partial charge in [-0.2, -0.15) is 5.26 Å². The van der Waals surface area contributed by atoms with Crippen LogP contribution in [0.5, 0.6) is 11.5 Å². The summed E-state index contributed by atoms with van der Waals surface area (Å²) in [5.74, 6) is 1.16. The normalized spacial score (nSPS) is 11.6. The summed E-state index contributed by atoms with van der Waals surface area (Å²) in [6.45, 7) is 2.31. The fraction of sp³-hybridized carbons (Fsp3) is 0.364. The second kappa shape index (κ2) is 5.23. The molecule has 1 aromatic carbocycles. The van der Waals surface area contributed by atoms with Crippen molar-refractivity contribution in [1.82, 2.24) is 0 Å². The van der Waals surface area contributed by atoms with Crippen molar-refractivity contribution in [3.63, 3.8) is 0 Å². The molecule has 0 bridgehead atoms. The van der Waals surface area contributed by atoms with E-state index in [0.29, 0.717) is 23.6 Å². The lowest BCUT2D eigenvalue weighted by Crippen LogP contribution is -2.23. The Labute approximate surface area is 89.2 Å². The fourth-order valence-electron chi connectivity index (χ4n) is 1.10. The summed E-state index contributed by atoms with van der Waals surface area (Å²) in [4.78, 5) is 0. The molecule has 0 aromatic heterocycles. The number of ether oxygens (including phenoxy) is 2. The summed E-state index contributed by atoms with van der Waals surface area (Å²) in [7, 11) is 1.54. The van der Waals surface area contributed by atoms with Gasteiger partial charge < -0.3 is 15.2 Å². The van der Waals surface area contributed by atoms with Gasteiger partial charge in [0.25, 0.3) is 0 Å². The van der Waals surface area contributed by atoms with Crippen molar-refractivity contribution < 1.29 is 9.47 Å². The van der Waals surface area contributed by atoms with Crippen LogP contribution in [0.25, 0.3) is 0 Å². The number of benzene rings is 1. The number of nitriles is 1. The molecule has 0 saturated heterocycles. The van der Waals surface area contributed by atoms with Crippen LogP contribution in [0.4, 0.5) is 0 Å². The smallest absolute Gasteiger partial charge is 0.162 e. The first-order valence-electron chi connectivity index (χ1n) is 4.66. The van der Waals surface area contributed by atoms with Crippen molar-refractivity contribution in [3.05, 3.63) is 23.8 Å². The molecule has 4 heteroatoms. The molecule has 0 saturated carbocycles. The van der Waals surface area contributed by atoms with Crippen LogP contribution in [0.2, 0.25) is 0 Å². The van der Waals surface area contributed by atoms with E-state index in [2.05, 4.69) is 0 Å². The lowest BCUT2D eigenvalue weighted by Gasteiger charge is -2.15. The third kappa shape index (κ3) is 2.86. The molecule has 1 rings (SSSR count). The predicted molar refractivity (Wildman–Crippen MR) is 56.9 cm³/mol. The van der Waals surface area contributed by atoms with Gasteiger partial charge in [-0.1, -0.05) is 0 Å². The summed E-state index contributed by atoms with van der Waals surface area (Å²) >= 11 is 0. The summed E-state index contributed by atoms with van der Waals surface area (Å²) in [6, 6.07) is 7.07. The molecule has 0 aliphatic carbocycles. The molecule has 0 aliphatic heterocycles. The van der Waals surface area contributed by atoms with Crippen LogP contribution < -0.4 is 15.2 Å².